The summed E-state index contributed by atoms with van der Waals surface area (Å²) < 4.78 is 10.7. The molecule has 3 aromatic carbocycles. The fourth-order valence-electron chi connectivity index (χ4n) is 3.05. The van der Waals surface area contributed by atoms with Crippen molar-refractivity contribution < 1.29 is 8.83 Å². The summed E-state index contributed by atoms with van der Waals surface area (Å²) in [5.41, 5.74) is 1.04. The molecule has 0 aliphatic carbocycles. The number of aromatic nitrogens is 2. The smallest absolute Gasteiger partial charge is 0.347 e. The van der Waals surface area contributed by atoms with Crippen molar-refractivity contribution in [2.45, 2.75) is 0 Å². The highest BCUT2D eigenvalue weighted by atomic mass is 16.4. The lowest BCUT2D eigenvalue weighted by Crippen LogP contribution is -2.07. The van der Waals surface area contributed by atoms with Crippen LogP contribution in [-0.2, 0) is 0 Å². The first-order chi connectivity index (χ1) is 13.7. The molecule has 2 aromatic heterocycles. The van der Waals surface area contributed by atoms with Crippen molar-refractivity contribution in [1.29, 1.82) is 0 Å². The van der Waals surface area contributed by atoms with Crippen LogP contribution >= 0.6 is 0 Å². The Kier molecular flexibility index (Phi) is 3.62. The zero-order valence-corrected chi connectivity index (χ0v) is 14.5. The second-order valence-corrected chi connectivity index (χ2v) is 6.23. The molecule has 0 N–H and O–H groups in total. The van der Waals surface area contributed by atoms with Crippen LogP contribution in [0, 0.1) is 0 Å². The molecule has 0 saturated heterocycles. The van der Waals surface area contributed by atoms with E-state index in [0.717, 1.165) is 0 Å². The molecule has 28 heavy (non-hydrogen) atoms. The highest BCUT2D eigenvalue weighted by molar-refractivity contribution is 5.94. The summed E-state index contributed by atoms with van der Waals surface area (Å²) in [4.78, 5) is 33.8. The molecule has 0 bridgehead atoms. The first-order valence-electron chi connectivity index (χ1n) is 8.60. The van der Waals surface area contributed by atoms with E-state index in [1.807, 2.05) is 36.4 Å². The van der Waals surface area contributed by atoms with Crippen LogP contribution in [0.4, 0.5) is 0 Å². The van der Waals surface area contributed by atoms with Crippen LogP contribution in [-0.4, -0.2) is 9.97 Å². The zero-order valence-electron chi connectivity index (χ0n) is 14.5. The molecule has 0 atom stereocenters. The van der Waals surface area contributed by atoms with Gasteiger partial charge in [-0.15, -0.1) is 0 Å². The Morgan fingerprint density at radius 3 is 1.43 bits per heavy atom. The number of nitrogens with zero attached hydrogens (tertiary/aromatic N) is 2. The summed E-state index contributed by atoms with van der Waals surface area (Å²) >= 11 is 0. The third kappa shape index (κ3) is 2.68. The monoisotopic (exact) mass is 368 g/mol. The maximum absolute atomic E-state index is 12.5. The van der Waals surface area contributed by atoms with E-state index in [1.165, 1.54) is 6.07 Å². The fourth-order valence-corrected chi connectivity index (χ4v) is 3.05. The lowest BCUT2D eigenvalue weighted by Gasteiger charge is -2.04. The number of hydrogen-bond acceptors (Lipinski definition) is 6. The van der Waals surface area contributed by atoms with E-state index in [0.29, 0.717) is 22.2 Å². The topological polar surface area (TPSA) is 86.2 Å². The molecule has 134 valence electrons. The van der Waals surface area contributed by atoms with Gasteiger partial charge >= 0.3 is 11.3 Å². The molecule has 6 heteroatoms. The second-order valence-electron chi connectivity index (χ2n) is 6.23. The van der Waals surface area contributed by atoms with Gasteiger partial charge in [0, 0.05) is 11.1 Å². The minimum atomic E-state index is -0.572. The molecule has 0 spiro atoms. The Balaban J connectivity index is 1.78. The lowest BCUT2D eigenvalue weighted by atomic mass is 10.1. The van der Waals surface area contributed by atoms with E-state index >= 15 is 0 Å². The van der Waals surface area contributed by atoms with Crippen molar-refractivity contribution in [2.75, 3.05) is 0 Å². The maximum Gasteiger partial charge on any atom is 0.347 e. The van der Waals surface area contributed by atoms with Crippen LogP contribution in [0.3, 0.4) is 0 Å². The summed E-state index contributed by atoms with van der Waals surface area (Å²) in [5, 5.41) is 0.405. The Hall–Kier alpha value is -4.06. The van der Waals surface area contributed by atoms with E-state index in [-0.39, 0.29) is 22.6 Å². The molecule has 0 radical (unpaired) electrons. The van der Waals surface area contributed by atoms with Gasteiger partial charge in [-0.25, -0.2) is 19.6 Å². The van der Waals surface area contributed by atoms with E-state index in [4.69, 9.17) is 8.83 Å². The third-order valence-corrected chi connectivity index (χ3v) is 4.42. The normalized spacial score (nSPS) is 11.1. The number of hydrogen-bond donors (Lipinski definition) is 0. The minimum Gasteiger partial charge on any atom is -0.403 e. The highest BCUT2D eigenvalue weighted by Crippen LogP contribution is 2.23. The Morgan fingerprint density at radius 1 is 0.571 bits per heavy atom. The Bertz CT molecular complexity index is 1330. The van der Waals surface area contributed by atoms with Gasteiger partial charge < -0.3 is 8.83 Å². The average molecular weight is 368 g/mol. The number of rotatable bonds is 2. The number of benzene rings is 3. The summed E-state index contributed by atoms with van der Waals surface area (Å²) in [6.07, 6.45) is 0. The van der Waals surface area contributed by atoms with Gasteiger partial charge in [0.25, 0.3) is 0 Å². The molecule has 6 nitrogen and oxygen atoms in total. The van der Waals surface area contributed by atoms with Gasteiger partial charge in [0.05, 0.1) is 21.8 Å². The maximum atomic E-state index is 12.5. The van der Waals surface area contributed by atoms with Gasteiger partial charge in [-0.2, -0.15) is 0 Å². The van der Waals surface area contributed by atoms with Gasteiger partial charge in [-0.1, -0.05) is 36.4 Å². The summed E-state index contributed by atoms with van der Waals surface area (Å²) in [6, 6.07) is 21.3. The first-order valence-corrected chi connectivity index (χ1v) is 8.60. The number of fused-ring (bicyclic) bond motifs is 2. The van der Waals surface area contributed by atoms with Crippen molar-refractivity contribution in [3.63, 3.8) is 0 Å². The molecular formula is C22H12N2O4. The van der Waals surface area contributed by atoms with Crippen LogP contribution < -0.4 is 11.3 Å². The van der Waals surface area contributed by atoms with E-state index in [9.17, 15) is 9.59 Å². The third-order valence-electron chi connectivity index (χ3n) is 4.42. The van der Waals surface area contributed by atoms with Crippen LogP contribution in [0.15, 0.2) is 91.2 Å². The predicted molar refractivity (Wildman–Crippen MR) is 105 cm³/mol. The van der Waals surface area contributed by atoms with Crippen LogP contribution in [0.2, 0.25) is 0 Å². The molecule has 0 aliphatic rings. The quantitative estimate of drug-likeness (QED) is 0.437. The standard InChI is InChI=1S/C22H12N2O4/c25-21-15-11-16-18(24-20(28-22(16)26)14-9-5-2-6-10-14)12-17(15)23-19(27-21)13-7-3-1-4-8-13/h1-12H. The summed E-state index contributed by atoms with van der Waals surface area (Å²) in [6.45, 7) is 0. The highest BCUT2D eigenvalue weighted by Gasteiger charge is 2.14. The first kappa shape index (κ1) is 16.1. The minimum absolute atomic E-state index is 0.203. The van der Waals surface area contributed by atoms with Crippen molar-refractivity contribution in [1.82, 2.24) is 9.97 Å². The largest absolute Gasteiger partial charge is 0.403 e. The van der Waals surface area contributed by atoms with Crippen LogP contribution in [0.1, 0.15) is 0 Å². The Labute approximate surface area is 157 Å². The van der Waals surface area contributed by atoms with Crippen LogP contribution in [0.5, 0.6) is 0 Å². The van der Waals surface area contributed by atoms with E-state index in [1.54, 1.807) is 30.3 Å². The molecular weight excluding hydrogens is 356 g/mol. The fraction of sp³-hybridized carbons (Fsp3) is 0. The van der Waals surface area contributed by atoms with Gasteiger partial charge in [0.2, 0.25) is 11.8 Å². The molecule has 0 saturated carbocycles. The lowest BCUT2D eigenvalue weighted by molar-refractivity contribution is 0.516. The summed E-state index contributed by atoms with van der Waals surface area (Å²) in [7, 11) is 0. The SMILES string of the molecule is O=c1oc(-c2ccccc2)nc2cc3nc(-c4ccccc4)oc(=O)c3cc12. The van der Waals surface area contributed by atoms with Gasteiger partial charge in [-0.05, 0) is 36.4 Å². The zero-order chi connectivity index (χ0) is 19.1. The van der Waals surface area contributed by atoms with Crippen molar-refractivity contribution in [3.8, 4) is 22.9 Å². The molecule has 5 rings (SSSR count). The molecule has 0 aliphatic heterocycles. The molecule has 0 fully saturated rings. The molecule has 0 unspecified atom stereocenters. The van der Waals surface area contributed by atoms with E-state index in [2.05, 4.69) is 9.97 Å². The predicted octanol–water partition coefficient (Wildman–Crippen LogP) is 4.02. The van der Waals surface area contributed by atoms with Crippen molar-refractivity contribution in [3.05, 3.63) is 93.6 Å². The van der Waals surface area contributed by atoms with Gasteiger partial charge in [0.1, 0.15) is 0 Å². The molecule has 0 amide bonds. The van der Waals surface area contributed by atoms with Gasteiger partial charge in [-0.3, -0.25) is 0 Å². The van der Waals surface area contributed by atoms with Crippen molar-refractivity contribution in [2.24, 2.45) is 0 Å². The molecule has 2 heterocycles. The summed E-state index contributed by atoms with van der Waals surface area (Å²) in [5.74, 6) is 0.424. The van der Waals surface area contributed by atoms with Crippen LogP contribution in [0.25, 0.3) is 44.7 Å². The molecule has 5 aromatic rings. The second kappa shape index (κ2) is 6.28. The average Bonchev–Trinajstić information content (AvgIpc) is 2.74. The van der Waals surface area contributed by atoms with E-state index < -0.39 is 11.3 Å². The van der Waals surface area contributed by atoms with Crippen molar-refractivity contribution >= 4 is 21.8 Å². The Morgan fingerprint density at radius 2 is 1.00 bits per heavy atom. The van der Waals surface area contributed by atoms with Gasteiger partial charge in [0.15, 0.2) is 0 Å².